The first kappa shape index (κ1) is 15.6. The third kappa shape index (κ3) is 3.04. The summed E-state index contributed by atoms with van der Waals surface area (Å²) in [5.41, 5.74) is 3.35. The lowest BCUT2D eigenvalue weighted by molar-refractivity contribution is -0.122. The third-order valence-electron chi connectivity index (χ3n) is 4.36. The molecule has 2 atom stereocenters. The molecule has 124 valence electrons. The van der Waals surface area contributed by atoms with Gasteiger partial charge in [-0.05, 0) is 42.2 Å². The van der Waals surface area contributed by atoms with Crippen molar-refractivity contribution in [1.82, 2.24) is 16.0 Å². The van der Waals surface area contributed by atoms with Gasteiger partial charge in [-0.2, -0.15) is 0 Å². The summed E-state index contributed by atoms with van der Waals surface area (Å²) in [6.45, 7) is 0. The number of hydrogen-bond acceptors (Lipinski definition) is 3. The Balaban J connectivity index is 1.57. The molecule has 0 bridgehead atoms. The zero-order chi connectivity index (χ0) is 16.7. The lowest BCUT2D eigenvalue weighted by atomic mass is 9.96. The molecule has 1 aromatic rings. The monoisotopic (exact) mass is 361 g/mol. The lowest BCUT2D eigenvalue weighted by Gasteiger charge is -2.31. The van der Waals surface area contributed by atoms with E-state index >= 15 is 0 Å². The number of hydrogen-bond donors (Lipinski definition) is 3. The molecule has 3 N–H and O–H groups in total. The first-order chi connectivity index (χ1) is 11.6. The van der Waals surface area contributed by atoms with Crippen LogP contribution in [0.25, 0.3) is 5.70 Å². The molecule has 2 aliphatic heterocycles. The number of fused-ring (bicyclic) bond motifs is 1. The van der Waals surface area contributed by atoms with Crippen LogP contribution in [0.15, 0.2) is 53.8 Å². The van der Waals surface area contributed by atoms with Crippen LogP contribution in [0.2, 0.25) is 5.02 Å². The minimum Gasteiger partial charge on any atom is -0.368 e. The maximum atomic E-state index is 11.9. The van der Waals surface area contributed by atoms with E-state index in [-0.39, 0.29) is 23.5 Å². The summed E-state index contributed by atoms with van der Waals surface area (Å²) in [5.74, 6) is 0.280. The van der Waals surface area contributed by atoms with Gasteiger partial charge in [0.25, 0.3) is 0 Å². The van der Waals surface area contributed by atoms with E-state index in [1.54, 1.807) is 0 Å². The van der Waals surface area contributed by atoms with Gasteiger partial charge in [0.2, 0.25) is 5.91 Å². The Morgan fingerprint density at radius 2 is 2.04 bits per heavy atom. The van der Waals surface area contributed by atoms with Crippen molar-refractivity contribution in [2.75, 3.05) is 0 Å². The highest BCUT2D eigenvalue weighted by Gasteiger charge is 2.32. The number of allylic oxidation sites excluding steroid dienone is 1. The first-order valence-electron chi connectivity index (χ1n) is 7.98. The minimum absolute atomic E-state index is 0.100. The van der Waals surface area contributed by atoms with Crippen molar-refractivity contribution < 1.29 is 4.79 Å². The van der Waals surface area contributed by atoms with Gasteiger partial charge in [-0.25, -0.2) is 0 Å². The van der Waals surface area contributed by atoms with Gasteiger partial charge in [-0.15, -0.1) is 0 Å². The second-order valence-corrected chi connectivity index (χ2v) is 7.04. The van der Waals surface area contributed by atoms with Gasteiger partial charge in [-0.1, -0.05) is 41.4 Å². The Morgan fingerprint density at radius 3 is 2.79 bits per heavy atom. The molecule has 1 saturated carbocycles. The first-order valence-corrected chi connectivity index (χ1v) is 8.79. The SMILES string of the molecule is O=C(NC1C=C2C(=CN1)C=C(c1ccccc1Cl)NC2Cl)C1CC1. The van der Waals surface area contributed by atoms with E-state index in [0.717, 1.165) is 35.2 Å². The number of benzene rings is 1. The fourth-order valence-corrected chi connectivity index (χ4v) is 3.44. The number of amides is 1. The van der Waals surface area contributed by atoms with Gasteiger partial charge < -0.3 is 16.0 Å². The van der Waals surface area contributed by atoms with Crippen LogP contribution in [-0.2, 0) is 4.79 Å². The fraction of sp³-hybridized carbons (Fsp3) is 0.278. The molecule has 2 heterocycles. The van der Waals surface area contributed by atoms with Crippen LogP contribution in [0.3, 0.4) is 0 Å². The standard InChI is InChI=1S/C18H17Cl2N3O/c19-14-4-2-1-3-12(14)15-7-11-9-21-16(8-13(11)17(20)22-15)23-18(24)10-5-6-10/h1-4,7-10,16-17,21-22H,5-6H2,(H,23,24). The Hall–Kier alpha value is -1.91. The summed E-state index contributed by atoms with van der Waals surface area (Å²) in [4.78, 5) is 11.9. The van der Waals surface area contributed by atoms with Crippen LogP contribution in [0.4, 0.5) is 0 Å². The Morgan fingerprint density at radius 1 is 1.25 bits per heavy atom. The number of dihydropyridines is 1. The highest BCUT2D eigenvalue weighted by Crippen LogP contribution is 2.33. The molecule has 1 aromatic carbocycles. The average Bonchev–Trinajstić information content (AvgIpc) is 3.41. The molecule has 0 aromatic heterocycles. The van der Waals surface area contributed by atoms with E-state index < -0.39 is 0 Å². The highest BCUT2D eigenvalue weighted by molar-refractivity contribution is 6.32. The van der Waals surface area contributed by atoms with Crippen molar-refractivity contribution in [3.05, 3.63) is 64.3 Å². The van der Waals surface area contributed by atoms with Crippen molar-refractivity contribution in [1.29, 1.82) is 0 Å². The fourth-order valence-electron chi connectivity index (χ4n) is 2.89. The van der Waals surface area contributed by atoms with E-state index in [1.165, 1.54) is 0 Å². The molecule has 1 fully saturated rings. The van der Waals surface area contributed by atoms with Gasteiger partial charge >= 0.3 is 0 Å². The van der Waals surface area contributed by atoms with Crippen molar-refractivity contribution in [3.8, 4) is 0 Å². The molecule has 6 heteroatoms. The molecule has 3 aliphatic rings. The number of halogens is 2. The minimum atomic E-state index is -0.380. The smallest absolute Gasteiger partial charge is 0.224 e. The summed E-state index contributed by atoms with van der Waals surface area (Å²) in [5, 5.41) is 10.1. The molecule has 4 nitrogen and oxygen atoms in total. The highest BCUT2D eigenvalue weighted by atomic mass is 35.5. The predicted molar refractivity (Wildman–Crippen MR) is 96.2 cm³/mol. The van der Waals surface area contributed by atoms with E-state index in [4.69, 9.17) is 23.2 Å². The van der Waals surface area contributed by atoms with Gasteiger partial charge in [-0.3, -0.25) is 4.79 Å². The van der Waals surface area contributed by atoms with Crippen LogP contribution >= 0.6 is 23.2 Å². The predicted octanol–water partition coefficient (Wildman–Crippen LogP) is 3.11. The summed E-state index contributed by atoms with van der Waals surface area (Å²) in [7, 11) is 0. The molecule has 24 heavy (non-hydrogen) atoms. The molecule has 2 unspecified atom stereocenters. The molecule has 1 aliphatic carbocycles. The summed E-state index contributed by atoms with van der Waals surface area (Å²) in [6, 6.07) is 7.64. The zero-order valence-electron chi connectivity index (χ0n) is 12.9. The molecule has 0 spiro atoms. The maximum Gasteiger partial charge on any atom is 0.224 e. The lowest BCUT2D eigenvalue weighted by Crippen LogP contribution is -2.45. The van der Waals surface area contributed by atoms with Crippen LogP contribution in [0.1, 0.15) is 18.4 Å². The second-order valence-electron chi connectivity index (χ2n) is 6.19. The van der Waals surface area contributed by atoms with E-state index in [2.05, 4.69) is 16.0 Å². The van der Waals surface area contributed by atoms with Crippen LogP contribution < -0.4 is 16.0 Å². The molecule has 0 saturated heterocycles. The van der Waals surface area contributed by atoms with Crippen molar-refractivity contribution in [2.24, 2.45) is 5.92 Å². The molecular formula is C18H17Cl2N3O. The molecule has 0 radical (unpaired) electrons. The number of nitrogens with one attached hydrogen (secondary N) is 3. The third-order valence-corrected chi connectivity index (χ3v) is 5.04. The molecular weight excluding hydrogens is 345 g/mol. The quantitative estimate of drug-likeness (QED) is 0.572. The van der Waals surface area contributed by atoms with Crippen molar-refractivity contribution in [2.45, 2.75) is 24.5 Å². The van der Waals surface area contributed by atoms with Crippen molar-refractivity contribution in [3.63, 3.8) is 0 Å². The van der Waals surface area contributed by atoms with Gasteiger partial charge in [0, 0.05) is 28.4 Å². The van der Waals surface area contributed by atoms with Crippen LogP contribution in [0, 0.1) is 5.92 Å². The normalized spacial score (nSPS) is 25.3. The van der Waals surface area contributed by atoms with Gasteiger partial charge in [0.15, 0.2) is 0 Å². The largest absolute Gasteiger partial charge is 0.368 e. The zero-order valence-corrected chi connectivity index (χ0v) is 14.4. The Kier molecular flexibility index (Phi) is 4.02. The number of carbonyl (C=O) groups excluding carboxylic acids is 1. The van der Waals surface area contributed by atoms with Crippen LogP contribution in [-0.4, -0.2) is 17.6 Å². The average molecular weight is 362 g/mol. The van der Waals surface area contributed by atoms with Gasteiger partial charge in [0.1, 0.15) is 11.7 Å². The molecule has 4 rings (SSSR count). The van der Waals surface area contributed by atoms with E-state index in [9.17, 15) is 4.79 Å². The topological polar surface area (TPSA) is 53.2 Å². The summed E-state index contributed by atoms with van der Waals surface area (Å²) >= 11 is 12.8. The van der Waals surface area contributed by atoms with Crippen molar-refractivity contribution >= 4 is 34.8 Å². The Labute approximate surface area is 150 Å². The van der Waals surface area contributed by atoms with Crippen LogP contribution in [0.5, 0.6) is 0 Å². The summed E-state index contributed by atoms with van der Waals surface area (Å²) < 4.78 is 0. The van der Waals surface area contributed by atoms with Gasteiger partial charge in [0.05, 0.1) is 0 Å². The number of carbonyl (C=O) groups is 1. The summed E-state index contributed by atoms with van der Waals surface area (Å²) in [6.07, 6.45) is 7.60. The molecule has 1 amide bonds. The van der Waals surface area contributed by atoms with E-state index in [0.29, 0.717) is 5.02 Å². The van der Waals surface area contributed by atoms with E-state index in [1.807, 2.05) is 42.6 Å². The maximum absolute atomic E-state index is 11.9. The number of alkyl halides is 1. The Bertz CT molecular complexity index is 780. The second kappa shape index (κ2) is 6.19. The number of rotatable bonds is 3.